The number of methoxy groups -OCH3 is 3. The molecule has 0 aromatic heterocycles. The zero-order valence-electron chi connectivity index (χ0n) is 20.6. The Labute approximate surface area is 206 Å². The van der Waals surface area contributed by atoms with E-state index in [0.29, 0.717) is 30.7 Å². The Morgan fingerprint density at radius 3 is 2.43 bits per heavy atom. The van der Waals surface area contributed by atoms with Crippen LogP contribution < -0.4 is 10.1 Å². The van der Waals surface area contributed by atoms with Crippen LogP contribution in [-0.2, 0) is 32.0 Å². The van der Waals surface area contributed by atoms with Gasteiger partial charge in [-0.25, -0.2) is 0 Å². The topological polar surface area (TPSA) is 97.3 Å². The van der Waals surface area contributed by atoms with Crippen LogP contribution in [0.25, 0.3) is 0 Å². The summed E-state index contributed by atoms with van der Waals surface area (Å²) in [7, 11) is 4.73. The van der Waals surface area contributed by atoms with Crippen LogP contribution >= 0.6 is 0 Å². The van der Waals surface area contributed by atoms with Crippen LogP contribution in [0.3, 0.4) is 0 Å². The standard InChI is InChI=1S/C27H34N2O6/c1-33-21-12-10-19(11-13-21)18-29-23(30)17-26(32)14-6-7-15-27(26,29)25(31)28-22-9-5-4-8-20(22)16-24(34-2)35-3/h4-5,8-13,24,32H,6-7,14-18H2,1-3H3,(H,28,31)/t26-,27+/m0/s1. The van der Waals surface area contributed by atoms with Crippen LogP contribution in [0.5, 0.6) is 5.75 Å². The van der Waals surface area contributed by atoms with Gasteiger partial charge in [0.15, 0.2) is 11.8 Å². The average molecular weight is 483 g/mol. The number of ether oxygens (including phenoxy) is 3. The molecule has 1 aliphatic carbocycles. The summed E-state index contributed by atoms with van der Waals surface area (Å²) >= 11 is 0. The zero-order valence-corrected chi connectivity index (χ0v) is 20.6. The average Bonchev–Trinajstić information content (AvgIpc) is 3.10. The van der Waals surface area contributed by atoms with Crippen LogP contribution in [0.1, 0.15) is 43.2 Å². The number of para-hydroxylation sites is 1. The molecule has 188 valence electrons. The summed E-state index contributed by atoms with van der Waals surface area (Å²) in [6, 6.07) is 14.9. The summed E-state index contributed by atoms with van der Waals surface area (Å²) in [6.45, 7) is 0.232. The molecule has 0 radical (unpaired) electrons. The van der Waals surface area contributed by atoms with Crippen molar-refractivity contribution in [2.45, 2.75) is 62.5 Å². The van der Waals surface area contributed by atoms with E-state index in [1.807, 2.05) is 48.5 Å². The van der Waals surface area contributed by atoms with Crippen molar-refractivity contribution in [3.63, 3.8) is 0 Å². The number of hydrogen-bond acceptors (Lipinski definition) is 6. The van der Waals surface area contributed by atoms with E-state index in [0.717, 1.165) is 24.0 Å². The van der Waals surface area contributed by atoms with Gasteiger partial charge < -0.3 is 29.5 Å². The molecule has 2 N–H and O–H groups in total. The van der Waals surface area contributed by atoms with Crippen molar-refractivity contribution in [2.75, 3.05) is 26.6 Å². The van der Waals surface area contributed by atoms with Crippen molar-refractivity contribution in [1.82, 2.24) is 4.90 Å². The third-order valence-corrected chi connectivity index (χ3v) is 7.41. The molecule has 2 aliphatic rings. The van der Waals surface area contributed by atoms with Crippen molar-refractivity contribution >= 4 is 17.5 Å². The second-order valence-electron chi connectivity index (χ2n) is 9.32. The van der Waals surface area contributed by atoms with Crippen molar-refractivity contribution in [1.29, 1.82) is 0 Å². The first-order valence-electron chi connectivity index (χ1n) is 12.0. The van der Waals surface area contributed by atoms with Gasteiger partial charge in [-0.15, -0.1) is 0 Å². The molecule has 0 unspecified atom stereocenters. The van der Waals surface area contributed by atoms with Crippen molar-refractivity contribution in [3.8, 4) is 5.75 Å². The number of aliphatic hydroxyl groups is 1. The molecule has 1 saturated carbocycles. The fourth-order valence-electron chi connectivity index (χ4n) is 5.49. The molecular weight excluding hydrogens is 448 g/mol. The van der Waals surface area contributed by atoms with Gasteiger partial charge in [0.25, 0.3) is 5.91 Å². The van der Waals surface area contributed by atoms with Crippen LogP contribution in [0.15, 0.2) is 48.5 Å². The van der Waals surface area contributed by atoms with E-state index in [9.17, 15) is 14.7 Å². The SMILES string of the molecule is COc1ccc(CN2C(=O)C[C@@]3(O)CCCC[C@]23C(=O)Nc2ccccc2CC(OC)OC)cc1. The Kier molecular flexibility index (Phi) is 7.44. The minimum atomic E-state index is -1.42. The third-order valence-electron chi connectivity index (χ3n) is 7.41. The molecule has 1 heterocycles. The molecule has 1 aliphatic heterocycles. The van der Waals surface area contributed by atoms with Crippen LogP contribution in [-0.4, -0.2) is 60.6 Å². The highest BCUT2D eigenvalue weighted by Crippen LogP contribution is 2.50. The molecule has 2 atom stereocenters. The number of carbonyl (C=O) groups excluding carboxylic acids is 2. The zero-order chi connectivity index (χ0) is 25.1. The molecule has 0 spiro atoms. The predicted molar refractivity (Wildman–Crippen MR) is 131 cm³/mol. The van der Waals surface area contributed by atoms with Gasteiger partial charge in [-0.2, -0.15) is 0 Å². The normalized spacial score (nSPS) is 23.9. The summed E-state index contributed by atoms with van der Waals surface area (Å²) in [5.74, 6) is 0.135. The number of benzene rings is 2. The molecule has 8 nitrogen and oxygen atoms in total. The quantitative estimate of drug-likeness (QED) is 0.533. The summed E-state index contributed by atoms with van der Waals surface area (Å²) in [6.07, 6.45) is 2.25. The van der Waals surface area contributed by atoms with E-state index in [1.165, 1.54) is 0 Å². The van der Waals surface area contributed by atoms with E-state index in [1.54, 1.807) is 26.2 Å². The number of carbonyl (C=O) groups is 2. The molecule has 2 amide bonds. The number of hydrogen-bond donors (Lipinski definition) is 2. The summed E-state index contributed by atoms with van der Waals surface area (Å²) < 4.78 is 15.9. The van der Waals surface area contributed by atoms with Gasteiger partial charge in [-0.05, 0) is 42.2 Å². The van der Waals surface area contributed by atoms with Gasteiger partial charge in [-0.1, -0.05) is 43.2 Å². The number of nitrogens with zero attached hydrogens (tertiary/aromatic N) is 1. The Morgan fingerprint density at radius 1 is 1.06 bits per heavy atom. The summed E-state index contributed by atoms with van der Waals surface area (Å²) in [4.78, 5) is 28.9. The highest BCUT2D eigenvalue weighted by molar-refractivity contribution is 6.04. The molecule has 0 bridgehead atoms. The fraction of sp³-hybridized carbons (Fsp3) is 0.481. The van der Waals surface area contributed by atoms with Crippen molar-refractivity contribution in [2.24, 2.45) is 0 Å². The van der Waals surface area contributed by atoms with Gasteiger partial charge in [-0.3, -0.25) is 9.59 Å². The summed E-state index contributed by atoms with van der Waals surface area (Å²) in [5, 5.41) is 14.8. The lowest BCUT2D eigenvalue weighted by Crippen LogP contribution is -2.66. The maximum Gasteiger partial charge on any atom is 0.253 e. The molecule has 1 saturated heterocycles. The van der Waals surface area contributed by atoms with E-state index in [4.69, 9.17) is 14.2 Å². The van der Waals surface area contributed by atoms with E-state index in [2.05, 4.69) is 5.32 Å². The largest absolute Gasteiger partial charge is 0.497 e. The first-order chi connectivity index (χ1) is 16.9. The molecule has 2 aromatic rings. The van der Waals surface area contributed by atoms with E-state index in [-0.39, 0.29) is 24.8 Å². The Balaban J connectivity index is 1.67. The minimum Gasteiger partial charge on any atom is -0.497 e. The molecule has 35 heavy (non-hydrogen) atoms. The Bertz CT molecular complexity index is 1050. The molecule has 4 rings (SSSR count). The highest BCUT2D eigenvalue weighted by Gasteiger charge is 2.66. The molecule has 8 heteroatoms. The molecular formula is C27H34N2O6. The Morgan fingerprint density at radius 2 is 1.74 bits per heavy atom. The number of likely N-dealkylation sites (tertiary alicyclic amines) is 1. The van der Waals surface area contributed by atoms with Crippen molar-refractivity contribution in [3.05, 3.63) is 59.7 Å². The van der Waals surface area contributed by atoms with Crippen molar-refractivity contribution < 1.29 is 28.9 Å². The lowest BCUT2D eigenvalue weighted by atomic mass is 9.69. The smallest absolute Gasteiger partial charge is 0.253 e. The third kappa shape index (κ3) is 4.66. The van der Waals surface area contributed by atoms with Gasteiger partial charge >= 0.3 is 0 Å². The van der Waals surface area contributed by atoms with Gasteiger partial charge in [0, 0.05) is 32.9 Å². The first kappa shape index (κ1) is 25.2. The lowest BCUT2D eigenvalue weighted by molar-refractivity contribution is -0.152. The molecule has 2 aromatic carbocycles. The second kappa shape index (κ2) is 10.4. The van der Waals surface area contributed by atoms with Crippen LogP contribution in [0, 0.1) is 0 Å². The maximum absolute atomic E-state index is 14.1. The van der Waals surface area contributed by atoms with Crippen LogP contribution in [0.2, 0.25) is 0 Å². The van der Waals surface area contributed by atoms with E-state index >= 15 is 0 Å². The fourth-order valence-corrected chi connectivity index (χ4v) is 5.49. The lowest BCUT2D eigenvalue weighted by Gasteiger charge is -2.48. The minimum absolute atomic E-state index is 0.0619. The first-order valence-corrected chi connectivity index (χ1v) is 12.0. The number of nitrogens with one attached hydrogen (secondary N) is 1. The summed E-state index contributed by atoms with van der Waals surface area (Å²) in [5.41, 5.74) is -0.448. The second-order valence-corrected chi connectivity index (χ2v) is 9.32. The van der Waals surface area contributed by atoms with Crippen LogP contribution in [0.4, 0.5) is 5.69 Å². The van der Waals surface area contributed by atoms with Gasteiger partial charge in [0.1, 0.15) is 11.4 Å². The predicted octanol–water partition coefficient (Wildman–Crippen LogP) is 3.27. The van der Waals surface area contributed by atoms with E-state index < -0.39 is 17.4 Å². The van der Waals surface area contributed by atoms with Gasteiger partial charge in [0.05, 0.1) is 13.5 Å². The number of rotatable bonds is 9. The van der Waals surface area contributed by atoms with Gasteiger partial charge in [0.2, 0.25) is 5.91 Å². The highest BCUT2D eigenvalue weighted by atomic mass is 16.7. The Hall–Kier alpha value is -2.94. The number of amides is 2. The number of fused-ring (bicyclic) bond motifs is 1. The molecule has 2 fully saturated rings. The number of anilines is 1. The monoisotopic (exact) mass is 482 g/mol. The maximum atomic E-state index is 14.1.